The summed E-state index contributed by atoms with van der Waals surface area (Å²) in [5.41, 5.74) is -0.475. The molecule has 0 radical (unpaired) electrons. The number of benzene rings is 1. The van der Waals surface area contributed by atoms with Gasteiger partial charge in [0.1, 0.15) is 17.5 Å². The van der Waals surface area contributed by atoms with Crippen LogP contribution in [-0.2, 0) is 16.1 Å². The molecule has 2 nitrogen and oxygen atoms in total. The van der Waals surface area contributed by atoms with E-state index in [0.717, 1.165) is 6.08 Å². The van der Waals surface area contributed by atoms with Gasteiger partial charge in [-0.3, -0.25) is 4.79 Å². The van der Waals surface area contributed by atoms with Crippen molar-refractivity contribution in [1.82, 2.24) is 0 Å². The van der Waals surface area contributed by atoms with E-state index in [1.54, 1.807) is 19.9 Å². The molecule has 1 aliphatic carbocycles. The van der Waals surface area contributed by atoms with E-state index in [-0.39, 0.29) is 12.2 Å². The molecule has 0 aromatic heterocycles. The average molecular weight is 351 g/mol. The molecule has 23 heavy (non-hydrogen) atoms. The summed E-state index contributed by atoms with van der Waals surface area (Å²) in [6.45, 7) is 3.05. The van der Waals surface area contributed by atoms with Crippen molar-refractivity contribution in [3.63, 3.8) is 0 Å². The van der Waals surface area contributed by atoms with Crippen molar-refractivity contribution >= 4 is 17.6 Å². The topological polar surface area (TPSA) is 26.3 Å². The number of hydrogen-bond acceptors (Lipinski definition) is 2. The average Bonchev–Trinajstić information content (AvgIpc) is 2.97. The predicted molar refractivity (Wildman–Crippen MR) is 76.9 cm³/mol. The van der Waals surface area contributed by atoms with Crippen molar-refractivity contribution in [2.24, 2.45) is 17.3 Å². The van der Waals surface area contributed by atoms with Crippen LogP contribution in [0.1, 0.15) is 19.4 Å². The molecule has 2 rings (SSSR count). The van der Waals surface area contributed by atoms with E-state index < -0.39 is 40.2 Å². The largest absolute Gasteiger partial charge is 0.460 e. The molecule has 1 saturated carbocycles. The molecule has 1 aromatic rings. The van der Waals surface area contributed by atoms with Crippen LogP contribution in [0.15, 0.2) is 35.4 Å². The van der Waals surface area contributed by atoms with Gasteiger partial charge in [0.2, 0.25) is 0 Å². The molecule has 1 fully saturated rings. The second-order valence-electron chi connectivity index (χ2n) is 6.04. The Morgan fingerprint density at radius 2 is 1.96 bits per heavy atom. The zero-order valence-corrected chi connectivity index (χ0v) is 13.2. The Balaban J connectivity index is 2.02. The van der Waals surface area contributed by atoms with E-state index in [0.29, 0.717) is 0 Å². The van der Waals surface area contributed by atoms with E-state index in [2.05, 4.69) is 0 Å². The second-order valence-corrected chi connectivity index (χ2v) is 6.44. The Morgan fingerprint density at radius 3 is 2.52 bits per heavy atom. The Kier molecular flexibility index (Phi) is 4.76. The molecule has 0 N–H and O–H groups in total. The van der Waals surface area contributed by atoms with Crippen LogP contribution in [0.5, 0.6) is 0 Å². The van der Waals surface area contributed by atoms with Crippen molar-refractivity contribution in [2.45, 2.75) is 26.6 Å². The third-order valence-corrected chi connectivity index (χ3v) is 4.43. The molecular formula is C16H15ClF4O2. The van der Waals surface area contributed by atoms with Crippen LogP contribution < -0.4 is 0 Å². The molecule has 126 valence electrons. The van der Waals surface area contributed by atoms with Crippen LogP contribution in [-0.4, -0.2) is 12.1 Å². The van der Waals surface area contributed by atoms with Crippen LogP contribution >= 0.6 is 11.6 Å². The highest BCUT2D eigenvalue weighted by molar-refractivity contribution is 6.30. The van der Waals surface area contributed by atoms with Crippen LogP contribution in [0.25, 0.3) is 0 Å². The number of hydrogen-bond donors (Lipinski definition) is 0. The minimum atomic E-state index is -4.64. The van der Waals surface area contributed by atoms with Gasteiger partial charge >= 0.3 is 12.1 Å². The summed E-state index contributed by atoms with van der Waals surface area (Å²) in [6, 6.07) is 5.81. The lowest BCUT2D eigenvalue weighted by molar-refractivity contribution is -0.147. The van der Waals surface area contributed by atoms with E-state index in [4.69, 9.17) is 16.3 Å². The first-order chi connectivity index (χ1) is 10.5. The molecule has 7 heteroatoms. The Hall–Kier alpha value is -1.56. The van der Waals surface area contributed by atoms with Crippen LogP contribution in [0, 0.1) is 23.1 Å². The Bertz CT molecular complexity index is 637. The zero-order valence-electron chi connectivity index (χ0n) is 12.5. The van der Waals surface area contributed by atoms with Crippen LogP contribution in [0.2, 0.25) is 0 Å². The van der Waals surface area contributed by atoms with E-state index in [1.165, 1.54) is 18.2 Å². The van der Waals surface area contributed by atoms with Gasteiger partial charge in [0, 0.05) is 5.56 Å². The van der Waals surface area contributed by atoms with Gasteiger partial charge in [-0.15, -0.1) is 0 Å². The fourth-order valence-electron chi connectivity index (χ4n) is 2.55. The normalized spacial score (nSPS) is 23.5. The second kappa shape index (κ2) is 6.15. The fourth-order valence-corrected chi connectivity index (χ4v) is 2.68. The number of carbonyl (C=O) groups excluding carboxylic acids is 1. The van der Waals surface area contributed by atoms with Gasteiger partial charge in [0.15, 0.2) is 0 Å². The highest BCUT2D eigenvalue weighted by Crippen LogP contribution is 2.60. The number of alkyl halides is 3. The third kappa shape index (κ3) is 3.86. The third-order valence-electron chi connectivity index (χ3n) is 4.09. The summed E-state index contributed by atoms with van der Waals surface area (Å²) in [4.78, 5) is 12.0. The molecule has 1 aromatic carbocycles. The number of carbonyl (C=O) groups is 1. The highest BCUT2D eigenvalue weighted by atomic mass is 35.5. The summed E-state index contributed by atoms with van der Waals surface area (Å²) in [5.74, 6) is -2.56. The van der Waals surface area contributed by atoms with Crippen molar-refractivity contribution < 1.29 is 27.1 Å². The lowest BCUT2D eigenvalue weighted by atomic mass is 10.1. The van der Waals surface area contributed by atoms with Crippen molar-refractivity contribution in [2.75, 3.05) is 0 Å². The molecule has 0 amide bonds. The first kappa shape index (κ1) is 17.8. The predicted octanol–water partition coefficient (Wildman–Crippen LogP) is 4.83. The van der Waals surface area contributed by atoms with Gasteiger partial charge in [-0.1, -0.05) is 49.7 Å². The molecule has 0 spiro atoms. The monoisotopic (exact) mass is 350 g/mol. The number of halogens is 5. The lowest BCUT2D eigenvalue weighted by Crippen LogP contribution is -2.11. The van der Waals surface area contributed by atoms with Crippen LogP contribution in [0.4, 0.5) is 17.6 Å². The molecule has 0 bridgehead atoms. The summed E-state index contributed by atoms with van der Waals surface area (Å²) in [7, 11) is 0. The smallest absolute Gasteiger partial charge is 0.426 e. The Labute approximate surface area is 136 Å². The summed E-state index contributed by atoms with van der Waals surface area (Å²) < 4.78 is 55.9. The minimum Gasteiger partial charge on any atom is -0.460 e. The molecule has 1 aliphatic rings. The summed E-state index contributed by atoms with van der Waals surface area (Å²) in [5, 5.41) is -1.25. The summed E-state index contributed by atoms with van der Waals surface area (Å²) >= 11 is 5.22. The van der Waals surface area contributed by atoms with Crippen molar-refractivity contribution in [1.29, 1.82) is 0 Å². The first-order valence-electron chi connectivity index (χ1n) is 6.89. The van der Waals surface area contributed by atoms with E-state index in [9.17, 15) is 22.4 Å². The van der Waals surface area contributed by atoms with Crippen molar-refractivity contribution in [3.8, 4) is 0 Å². The molecular weight excluding hydrogens is 336 g/mol. The molecule has 2 atom stereocenters. The standard InChI is InChI=1S/C16H15ClF4O2/c1-15(2)10(7-12(17)16(19,20)21)13(15)14(22)23-8-9-5-3-4-6-11(9)18/h3-7,10,13H,8H2,1-2H3. The molecule has 0 aliphatic heterocycles. The first-order valence-corrected chi connectivity index (χ1v) is 7.27. The molecule has 2 unspecified atom stereocenters. The minimum absolute atomic E-state index is 0.208. The number of ether oxygens (including phenoxy) is 1. The zero-order chi connectivity index (χ0) is 17.4. The quantitative estimate of drug-likeness (QED) is 0.574. The summed E-state index contributed by atoms with van der Waals surface area (Å²) in [6.07, 6.45) is -3.79. The lowest BCUT2D eigenvalue weighted by Gasteiger charge is -2.06. The number of rotatable bonds is 4. The maximum atomic E-state index is 13.4. The van der Waals surface area contributed by atoms with E-state index >= 15 is 0 Å². The maximum Gasteiger partial charge on any atom is 0.426 e. The highest BCUT2D eigenvalue weighted by Gasteiger charge is 2.62. The number of allylic oxidation sites excluding steroid dienone is 2. The van der Waals surface area contributed by atoms with Crippen molar-refractivity contribution in [3.05, 3.63) is 46.8 Å². The van der Waals surface area contributed by atoms with Gasteiger partial charge in [-0.25, -0.2) is 4.39 Å². The van der Waals surface area contributed by atoms with Gasteiger partial charge in [-0.2, -0.15) is 13.2 Å². The fraction of sp³-hybridized carbons (Fsp3) is 0.438. The van der Waals surface area contributed by atoms with Gasteiger partial charge in [-0.05, 0) is 17.4 Å². The SMILES string of the molecule is CC1(C)C(C=C(Cl)C(F)(F)F)C1C(=O)OCc1ccccc1F. The number of esters is 1. The molecule has 0 saturated heterocycles. The van der Waals surface area contributed by atoms with E-state index in [1.807, 2.05) is 0 Å². The Morgan fingerprint density at radius 1 is 1.35 bits per heavy atom. The maximum absolute atomic E-state index is 13.4. The van der Waals surface area contributed by atoms with Gasteiger partial charge in [0.05, 0.1) is 5.92 Å². The van der Waals surface area contributed by atoms with Crippen LogP contribution in [0.3, 0.4) is 0 Å². The molecule has 0 heterocycles. The van der Waals surface area contributed by atoms with Gasteiger partial charge in [0.25, 0.3) is 0 Å². The van der Waals surface area contributed by atoms with Gasteiger partial charge < -0.3 is 4.74 Å².